The molecule has 28 heavy (non-hydrogen) atoms. The van der Waals surface area contributed by atoms with Gasteiger partial charge in [-0.15, -0.1) is 24.0 Å². The second-order valence-corrected chi connectivity index (χ2v) is 7.11. The summed E-state index contributed by atoms with van der Waals surface area (Å²) in [6.45, 7) is 11.4. The Morgan fingerprint density at radius 2 is 1.93 bits per heavy atom. The summed E-state index contributed by atoms with van der Waals surface area (Å²) < 4.78 is 5.46. The monoisotopic (exact) mass is 502 g/mol. The van der Waals surface area contributed by atoms with Crippen LogP contribution in [0.2, 0.25) is 0 Å². The van der Waals surface area contributed by atoms with E-state index in [-0.39, 0.29) is 24.0 Å². The van der Waals surface area contributed by atoms with Crippen LogP contribution >= 0.6 is 24.0 Å². The van der Waals surface area contributed by atoms with Gasteiger partial charge < -0.3 is 25.2 Å². The Balaban J connectivity index is 0.00000280. The Hall–Kier alpha value is -1.13. The minimum absolute atomic E-state index is 0. The van der Waals surface area contributed by atoms with Crippen molar-refractivity contribution >= 4 is 35.8 Å². The summed E-state index contributed by atoms with van der Waals surface area (Å²) in [5.41, 5.74) is 1.16. The van der Waals surface area contributed by atoms with E-state index in [4.69, 9.17) is 9.73 Å². The second-order valence-electron chi connectivity index (χ2n) is 7.11. The van der Waals surface area contributed by atoms with Crippen LogP contribution in [0.5, 0.6) is 0 Å². The summed E-state index contributed by atoms with van der Waals surface area (Å²) in [4.78, 5) is 14.2. The number of morpholine rings is 1. The highest BCUT2D eigenvalue weighted by Crippen LogP contribution is 2.19. The number of rotatable bonds is 7. The van der Waals surface area contributed by atoms with E-state index < -0.39 is 0 Å². The van der Waals surface area contributed by atoms with Gasteiger partial charge in [0.25, 0.3) is 0 Å². The maximum atomic E-state index is 5.46. The molecule has 0 radical (unpaired) electrons. The molecule has 7 nitrogen and oxygen atoms in total. The largest absolute Gasteiger partial charge is 0.378 e. The molecule has 1 aromatic rings. The predicted molar refractivity (Wildman–Crippen MR) is 126 cm³/mol. The highest BCUT2D eigenvalue weighted by Gasteiger charge is 2.15. The summed E-state index contributed by atoms with van der Waals surface area (Å²) in [6.07, 6.45) is 5.91. The predicted octanol–water partition coefficient (Wildman–Crippen LogP) is 2.08. The number of hydrogen-bond acceptors (Lipinski definition) is 5. The van der Waals surface area contributed by atoms with Crippen molar-refractivity contribution in [1.82, 2.24) is 20.5 Å². The van der Waals surface area contributed by atoms with E-state index >= 15 is 0 Å². The molecule has 0 amide bonds. The maximum Gasteiger partial charge on any atom is 0.191 e. The first-order chi connectivity index (χ1) is 13.4. The number of guanidine groups is 1. The van der Waals surface area contributed by atoms with Crippen LogP contribution in [0.15, 0.2) is 23.3 Å². The molecule has 0 unspecified atom stereocenters. The van der Waals surface area contributed by atoms with Crippen LogP contribution in [0.4, 0.5) is 5.82 Å². The zero-order valence-corrected chi connectivity index (χ0v) is 19.4. The second kappa shape index (κ2) is 13.2. The summed E-state index contributed by atoms with van der Waals surface area (Å²) in [6, 6.07) is 4.12. The fraction of sp³-hybridized carbons (Fsp3) is 0.700. The molecular weight excluding hydrogens is 467 g/mol. The lowest BCUT2D eigenvalue weighted by Gasteiger charge is -2.29. The van der Waals surface area contributed by atoms with Gasteiger partial charge in [0.15, 0.2) is 5.96 Å². The van der Waals surface area contributed by atoms with Gasteiger partial charge in [-0.25, -0.2) is 9.98 Å². The third-order valence-corrected chi connectivity index (χ3v) is 5.10. The van der Waals surface area contributed by atoms with E-state index in [0.29, 0.717) is 6.54 Å². The van der Waals surface area contributed by atoms with Crippen LogP contribution < -0.4 is 15.5 Å². The van der Waals surface area contributed by atoms with E-state index in [2.05, 4.69) is 38.4 Å². The Morgan fingerprint density at radius 3 is 2.68 bits per heavy atom. The number of pyridine rings is 1. The first-order valence-electron chi connectivity index (χ1n) is 10.4. The molecule has 0 aliphatic carbocycles. The van der Waals surface area contributed by atoms with Gasteiger partial charge in [-0.1, -0.05) is 12.5 Å². The van der Waals surface area contributed by atoms with E-state index in [9.17, 15) is 0 Å². The third kappa shape index (κ3) is 7.36. The molecule has 0 aromatic carbocycles. The number of nitrogens with one attached hydrogen (secondary N) is 2. The molecule has 1 aromatic heterocycles. The Kier molecular flexibility index (Phi) is 10.9. The van der Waals surface area contributed by atoms with Gasteiger partial charge >= 0.3 is 0 Å². The molecule has 8 heteroatoms. The smallest absolute Gasteiger partial charge is 0.191 e. The number of hydrogen-bond donors (Lipinski definition) is 2. The number of halogens is 1. The lowest BCUT2D eigenvalue weighted by Crippen LogP contribution is -2.42. The number of aliphatic imine (C=N–C) groups is 1. The average molecular weight is 502 g/mol. The SMILES string of the molecule is CCNC(=NCc1cccnc1N1CCOCC1)NCCN1CCCCC1.I. The van der Waals surface area contributed by atoms with Crippen molar-refractivity contribution in [2.75, 3.05) is 63.9 Å². The van der Waals surface area contributed by atoms with Gasteiger partial charge in [-0.2, -0.15) is 0 Å². The topological polar surface area (TPSA) is 65.0 Å². The van der Waals surface area contributed by atoms with Crippen LogP contribution in [0, 0.1) is 0 Å². The average Bonchev–Trinajstić information content (AvgIpc) is 2.74. The van der Waals surface area contributed by atoms with E-state index in [1.54, 1.807) is 0 Å². The van der Waals surface area contributed by atoms with Crippen molar-refractivity contribution in [3.05, 3.63) is 23.9 Å². The standard InChI is InChI=1S/C20H34N6O.HI/c1-2-21-20(23-9-12-25-10-4-3-5-11-25)24-17-18-7-6-8-22-19(18)26-13-15-27-16-14-26;/h6-8H,2-5,9-17H2,1H3,(H2,21,23,24);1H. The van der Waals surface area contributed by atoms with E-state index in [0.717, 1.165) is 63.3 Å². The Bertz CT molecular complexity index is 588. The molecule has 3 heterocycles. The highest BCUT2D eigenvalue weighted by molar-refractivity contribution is 14.0. The fourth-order valence-corrected chi connectivity index (χ4v) is 3.63. The number of nitrogens with zero attached hydrogens (tertiary/aromatic N) is 4. The molecule has 3 rings (SSSR count). The number of piperidine rings is 1. The van der Waals surface area contributed by atoms with Crippen LogP contribution in [0.25, 0.3) is 0 Å². The molecule has 2 aliphatic rings. The van der Waals surface area contributed by atoms with Crippen molar-refractivity contribution in [2.45, 2.75) is 32.7 Å². The fourth-order valence-electron chi connectivity index (χ4n) is 3.63. The maximum absolute atomic E-state index is 5.46. The number of anilines is 1. The van der Waals surface area contributed by atoms with Gasteiger partial charge in [0.05, 0.1) is 19.8 Å². The number of aromatic nitrogens is 1. The number of likely N-dealkylation sites (tertiary alicyclic amines) is 1. The van der Waals surface area contributed by atoms with Gasteiger partial charge in [0.1, 0.15) is 5.82 Å². The Morgan fingerprint density at radius 1 is 1.14 bits per heavy atom. The summed E-state index contributed by atoms with van der Waals surface area (Å²) >= 11 is 0. The first-order valence-corrected chi connectivity index (χ1v) is 10.4. The molecule has 0 atom stereocenters. The molecule has 0 saturated carbocycles. The van der Waals surface area contributed by atoms with Gasteiger partial charge in [0.2, 0.25) is 0 Å². The molecule has 158 valence electrons. The molecular formula is C20H35IN6O. The van der Waals surface area contributed by atoms with Crippen molar-refractivity contribution in [3.63, 3.8) is 0 Å². The summed E-state index contributed by atoms with van der Waals surface area (Å²) in [5, 5.41) is 6.84. The van der Waals surface area contributed by atoms with Crippen LogP contribution in [0.1, 0.15) is 31.7 Å². The minimum Gasteiger partial charge on any atom is -0.378 e. The van der Waals surface area contributed by atoms with Crippen molar-refractivity contribution in [2.24, 2.45) is 4.99 Å². The normalized spacial score (nSPS) is 18.5. The van der Waals surface area contributed by atoms with Crippen molar-refractivity contribution < 1.29 is 4.74 Å². The van der Waals surface area contributed by atoms with Gasteiger partial charge in [0, 0.05) is 44.5 Å². The highest BCUT2D eigenvalue weighted by atomic mass is 127. The first kappa shape index (κ1) is 23.2. The third-order valence-electron chi connectivity index (χ3n) is 5.10. The van der Waals surface area contributed by atoms with E-state index in [1.807, 2.05) is 12.3 Å². The molecule has 0 spiro atoms. The zero-order chi connectivity index (χ0) is 18.7. The quantitative estimate of drug-likeness (QED) is 0.338. The summed E-state index contributed by atoms with van der Waals surface area (Å²) in [5.74, 6) is 1.92. The number of ether oxygens (including phenoxy) is 1. The zero-order valence-electron chi connectivity index (χ0n) is 17.0. The van der Waals surface area contributed by atoms with Crippen LogP contribution in [-0.2, 0) is 11.3 Å². The van der Waals surface area contributed by atoms with E-state index in [1.165, 1.54) is 32.4 Å². The molecule has 2 fully saturated rings. The lowest BCUT2D eigenvalue weighted by molar-refractivity contribution is 0.122. The van der Waals surface area contributed by atoms with Crippen LogP contribution in [0.3, 0.4) is 0 Å². The molecule has 2 saturated heterocycles. The lowest BCUT2D eigenvalue weighted by atomic mass is 10.1. The Labute approximate surface area is 186 Å². The molecule has 2 N–H and O–H groups in total. The molecule has 2 aliphatic heterocycles. The van der Waals surface area contributed by atoms with Crippen molar-refractivity contribution in [3.8, 4) is 0 Å². The van der Waals surface area contributed by atoms with Gasteiger partial charge in [-0.05, 0) is 38.9 Å². The van der Waals surface area contributed by atoms with Gasteiger partial charge in [-0.3, -0.25) is 0 Å². The van der Waals surface area contributed by atoms with Crippen molar-refractivity contribution in [1.29, 1.82) is 0 Å². The summed E-state index contributed by atoms with van der Waals surface area (Å²) in [7, 11) is 0. The van der Waals surface area contributed by atoms with Crippen LogP contribution in [-0.4, -0.2) is 74.9 Å². The minimum atomic E-state index is 0. The molecule has 0 bridgehead atoms.